The smallest absolute Gasteiger partial charge is 0.159 e. The minimum Gasteiger partial charge on any atom is -0.496 e. The average molecular weight is 473 g/mol. The number of hydrogen-bond donors (Lipinski definition) is 2. The Morgan fingerprint density at radius 3 is 2.66 bits per heavy atom. The maximum Gasteiger partial charge on any atom is 0.159 e. The molecule has 152 valence electrons. The van der Waals surface area contributed by atoms with E-state index >= 15 is 0 Å². The summed E-state index contributed by atoms with van der Waals surface area (Å²) >= 11 is 5.25. The third-order valence-corrected chi connectivity index (χ3v) is 6.67. The summed E-state index contributed by atoms with van der Waals surface area (Å²) in [4.78, 5) is 9.79. The molecule has 29 heavy (non-hydrogen) atoms. The van der Waals surface area contributed by atoms with Crippen molar-refractivity contribution < 1.29 is 4.74 Å². The zero-order chi connectivity index (χ0) is 20.1. The van der Waals surface area contributed by atoms with E-state index in [-0.39, 0.29) is 0 Å². The summed E-state index contributed by atoms with van der Waals surface area (Å²) in [6.07, 6.45) is 2.40. The summed E-state index contributed by atoms with van der Waals surface area (Å²) in [5.74, 6) is 3.20. The van der Waals surface area contributed by atoms with Gasteiger partial charge in [-0.15, -0.1) is 0 Å². The number of rotatable bonds is 7. The van der Waals surface area contributed by atoms with Crippen LogP contribution in [-0.2, 0) is 5.75 Å². The molecule has 2 heterocycles. The number of piperidine rings is 1. The Morgan fingerprint density at radius 1 is 1.14 bits per heavy atom. The van der Waals surface area contributed by atoms with E-state index < -0.39 is 0 Å². The summed E-state index contributed by atoms with van der Waals surface area (Å²) in [5, 5.41) is 7.95. The first kappa shape index (κ1) is 20.4. The van der Waals surface area contributed by atoms with Crippen LogP contribution in [0.2, 0.25) is 0 Å². The third-order valence-electron chi connectivity index (χ3n) is 5.16. The molecule has 5 nitrogen and oxygen atoms in total. The normalized spacial score (nSPS) is 14.8. The van der Waals surface area contributed by atoms with Gasteiger partial charge in [0.25, 0.3) is 0 Å². The molecule has 7 heteroatoms. The van der Waals surface area contributed by atoms with Gasteiger partial charge < -0.3 is 15.4 Å². The largest absolute Gasteiger partial charge is 0.496 e. The Morgan fingerprint density at radius 2 is 1.90 bits per heavy atom. The second kappa shape index (κ2) is 9.78. The van der Waals surface area contributed by atoms with E-state index in [9.17, 15) is 0 Å². The van der Waals surface area contributed by atoms with Crippen molar-refractivity contribution in [2.45, 2.75) is 23.6 Å². The number of anilines is 1. The number of methoxy groups -OCH3 is 1. The second-order valence-corrected chi connectivity index (χ2v) is 9.06. The number of para-hydroxylation sites is 2. The van der Waals surface area contributed by atoms with Gasteiger partial charge >= 0.3 is 0 Å². The maximum absolute atomic E-state index is 5.52. The summed E-state index contributed by atoms with van der Waals surface area (Å²) in [5.41, 5.74) is 2.97. The van der Waals surface area contributed by atoms with Gasteiger partial charge in [-0.1, -0.05) is 39.8 Å². The Bertz CT molecular complexity index is 978. The fourth-order valence-electron chi connectivity index (χ4n) is 3.53. The number of ether oxygens (including phenoxy) is 1. The molecular weight excluding hydrogens is 448 g/mol. The van der Waals surface area contributed by atoms with Crippen molar-refractivity contribution in [2.75, 3.05) is 32.1 Å². The number of hydrogen-bond acceptors (Lipinski definition) is 6. The Balaban J connectivity index is 1.56. The van der Waals surface area contributed by atoms with Gasteiger partial charge in [-0.2, -0.15) is 0 Å². The van der Waals surface area contributed by atoms with Crippen molar-refractivity contribution in [3.05, 3.63) is 52.5 Å². The van der Waals surface area contributed by atoms with E-state index in [0.29, 0.717) is 5.92 Å². The fourth-order valence-corrected chi connectivity index (χ4v) is 4.88. The molecule has 1 aromatic heterocycles. The lowest BCUT2D eigenvalue weighted by Gasteiger charge is -2.23. The van der Waals surface area contributed by atoms with Crippen LogP contribution in [0, 0.1) is 5.92 Å². The van der Waals surface area contributed by atoms with Crippen molar-refractivity contribution in [3.8, 4) is 5.75 Å². The topological polar surface area (TPSA) is 59.1 Å². The number of nitrogens with one attached hydrogen (secondary N) is 2. The highest BCUT2D eigenvalue weighted by atomic mass is 79.9. The van der Waals surface area contributed by atoms with Crippen LogP contribution in [0.15, 0.2) is 52.0 Å². The summed E-state index contributed by atoms with van der Waals surface area (Å²) in [7, 11) is 1.71. The molecule has 1 aliphatic rings. The molecule has 0 saturated carbocycles. The Labute approximate surface area is 184 Å². The van der Waals surface area contributed by atoms with Crippen LogP contribution in [0.3, 0.4) is 0 Å². The minimum absolute atomic E-state index is 0.674. The van der Waals surface area contributed by atoms with E-state index in [1.807, 2.05) is 36.4 Å². The SMILES string of the molecule is COc1ccc(Br)cc1CSc1nc2ccccc2nc1NCC1CCNCC1. The highest BCUT2D eigenvalue weighted by Gasteiger charge is 2.16. The van der Waals surface area contributed by atoms with Gasteiger partial charge in [0.2, 0.25) is 0 Å². The molecule has 0 amide bonds. The molecule has 0 aliphatic carbocycles. The van der Waals surface area contributed by atoms with Gasteiger partial charge in [0.05, 0.1) is 18.1 Å². The van der Waals surface area contributed by atoms with Crippen LogP contribution in [0.25, 0.3) is 11.0 Å². The molecule has 0 radical (unpaired) electrons. The highest BCUT2D eigenvalue weighted by Crippen LogP contribution is 2.33. The van der Waals surface area contributed by atoms with Crippen LogP contribution in [-0.4, -0.2) is 36.7 Å². The maximum atomic E-state index is 5.52. The second-order valence-electron chi connectivity index (χ2n) is 7.19. The average Bonchev–Trinajstić information content (AvgIpc) is 2.76. The van der Waals surface area contributed by atoms with E-state index in [1.165, 1.54) is 12.8 Å². The van der Waals surface area contributed by atoms with Crippen LogP contribution < -0.4 is 15.4 Å². The van der Waals surface area contributed by atoms with E-state index in [4.69, 9.17) is 14.7 Å². The molecule has 0 atom stereocenters. The van der Waals surface area contributed by atoms with E-state index in [1.54, 1.807) is 18.9 Å². The van der Waals surface area contributed by atoms with E-state index in [0.717, 1.165) is 63.1 Å². The zero-order valence-corrected chi connectivity index (χ0v) is 18.9. The van der Waals surface area contributed by atoms with Gasteiger partial charge in [-0.3, -0.25) is 0 Å². The van der Waals surface area contributed by atoms with Crippen molar-refractivity contribution in [3.63, 3.8) is 0 Å². The van der Waals surface area contributed by atoms with Crippen molar-refractivity contribution in [1.29, 1.82) is 0 Å². The van der Waals surface area contributed by atoms with E-state index in [2.05, 4.69) is 32.6 Å². The number of thioether (sulfide) groups is 1. The summed E-state index contributed by atoms with van der Waals surface area (Å²) in [6, 6.07) is 14.1. The van der Waals surface area contributed by atoms with Gasteiger partial charge in [0, 0.05) is 22.3 Å². The third kappa shape index (κ3) is 5.21. The molecule has 0 spiro atoms. The molecule has 2 aromatic carbocycles. The Kier molecular flexibility index (Phi) is 6.90. The molecular formula is C22H25BrN4OS. The minimum atomic E-state index is 0.674. The number of nitrogens with zero attached hydrogens (tertiary/aromatic N) is 2. The molecule has 1 aliphatic heterocycles. The molecule has 0 unspecified atom stereocenters. The highest BCUT2D eigenvalue weighted by molar-refractivity contribution is 9.10. The van der Waals surface area contributed by atoms with Crippen molar-refractivity contribution in [2.24, 2.45) is 5.92 Å². The fraction of sp³-hybridized carbons (Fsp3) is 0.364. The van der Waals surface area contributed by atoms with Gasteiger partial charge in [-0.25, -0.2) is 9.97 Å². The Hall–Kier alpha value is -1.83. The first-order valence-electron chi connectivity index (χ1n) is 9.89. The predicted octanol–water partition coefficient (Wildman–Crippen LogP) is 5.10. The molecule has 2 N–H and O–H groups in total. The lowest BCUT2D eigenvalue weighted by molar-refractivity contribution is 0.389. The summed E-state index contributed by atoms with van der Waals surface area (Å²) < 4.78 is 6.57. The van der Waals surface area contributed by atoms with Crippen LogP contribution in [0.1, 0.15) is 18.4 Å². The predicted molar refractivity (Wildman–Crippen MR) is 124 cm³/mol. The number of halogens is 1. The standard InChI is InChI=1S/C22H25BrN4OS/c1-28-20-7-6-17(23)12-16(20)14-29-22-21(25-13-15-8-10-24-11-9-15)26-18-4-2-3-5-19(18)27-22/h2-7,12,15,24H,8-11,13-14H2,1H3,(H,25,26). The molecule has 1 fully saturated rings. The molecule has 1 saturated heterocycles. The lowest BCUT2D eigenvalue weighted by Crippen LogP contribution is -2.31. The van der Waals surface area contributed by atoms with Crippen LogP contribution in [0.5, 0.6) is 5.75 Å². The first-order valence-corrected chi connectivity index (χ1v) is 11.7. The van der Waals surface area contributed by atoms with Crippen molar-refractivity contribution in [1.82, 2.24) is 15.3 Å². The zero-order valence-electron chi connectivity index (χ0n) is 16.5. The van der Waals surface area contributed by atoms with Gasteiger partial charge in [0.1, 0.15) is 10.8 Å². The quantitative estimate of drug-likeness (QED) is 0.466. The monoisotopic (exact) mass is 472 g/mol. The van der Waals surface area contributed by atoms with Crippen LogP contribution in [0.4, 0.5) is 5.82 Å². The van der Waals surface area contributed by atoms with Gasteiger partial charge in [0.15, 0.2) is 5.82 Å². The van der Waals surface area contributed by atoms with Crippen LogP contribution >= 0.6 is 27.7 Å². The van der Waals surface area contributed by atoms with Crippen molar-refractivity contribution >= 4 is 44.5 Å². The lowest BCUT2D eigenvalue weighted by atomic mass is 9.98. The number of benzene rings is 2. The molecule has 4 rings (SSSR count). The molecule has 3 aromatic rings. The number of fused-ring (bicyclic) bond motifs is 1. The molecule has 0 bridgehead atoms. The number of aromatic nitrogens is 2. The summed E-state index contributed by atoms with van der Waals surface area (Å²) in [6.45, 7) is 3.13. The van der Waals surface area contributed by atoms with Gasteiger partial charge in [-0.05, 0) is 62.2 Å². The first-order chi connectivity index (χ1) is 14.2.